The molecule has 1 aromatic rings. The zero-order valence-electron chi connectivity index (χ0n) is 14.7. The van der Waals surface area contributed by atoms with Crippen molar-refractivity contribution >= 4 is 17.8 Å². The summed E-state index contributed by atoms with van der Waals surface area (Å²) in [6, 6.07) is 7.99. The summed E-state index contributed by atoms with van der Waals surface area (Å²) in [4.78, 5) is 24.1. The Morgan fingerprint density at radius 1 is 1.29 bits per heavy atom. The van der Waals surface area contributed by atoms with Crippen LogP contribution in [0, 0.1) is 16.7 Å². The second-order valence-corrected chi connectivity index (χ2v) is 7.74. The molecule has 2 atom stereocenters. The summed E-state index contributed by atoms with van der Waals surface area (Å²) < 4.78 is 0. The number of carbonyl (C=O) groups is 2. The van der Waals surface area contributed by atoms with E-state index in [-0.39, 0.29) is 16.7 Å². The van der Waals surface area contributed by atoms with Crippen molar-refractivity contribution < 1.29 is 9.59 Å². The van der Waals surface area contributed by atoms with E-state index in [1.165, 1.54) is 6.08 Å². The quantitative estimate of drug-likeness (QED) is 0.854. The fourth-order valence-electron chi connectivity index (χ4n) is 4.27. The van der Waals surface area contributed by atoms with Crippen LogP contribution in [0.2, 0.25) is 0 Å². The summed E-state index contributed by atoms with van der Waals surface area (Å²) in [5.41, 5.74) is 2.90. The molecule has 0 radical (unpaired) electrons. The Hall–Kier alpha value is -2.16. The second-order valence-electron chi connectivity index (χ2n) is 7.74. The largest absolute Gasteiger partial charge is 0.348 e. The van der Waals surface area contributed by atoms with Crippen molar-refractivity contribution in [1.29, 1.82) is 0 Å². The summed E-state index contributed by atoms with van der Waals surface area (Å²) in [6.07, 6.45) is 5.43. The van der Waals surface area contributed by atoms with Crippen LogP contribution < -0.4 is 5.32 Å². The van der Waals surface area contributed by atoms with Crippen molar-refractivity contribution in [2.75, 3.05) is 0 Å². The highest BCUT2D eigenvalue weighted by Crippen LogP contribution is 2.65. The predicted octanol–water partition coefficient (Wildman–Crippen LogP) is 3.90. The van der Waals surface area contributed by atoms with Crippen LogP contribution in [-0.4, -0.2) is 11.7 Å². The fraction of sp³-hybridized carbons (Fsp3) is 0.429. The van der Waals surface area contributed by atoms with Gasteiger partial charge in [-0.3, -0.25) is 9.59 Å². The lowest BCUT2D eigenvalue weighted by Crippen LogP contribution is -2.32. The van der Waals surface area contributed by atoms with Gasteiger partial charge in [-0.2, -0.15) is 0 Å². The summed E-state index contributed by atoms with van der Waals surface area (Å²) in [6.45, 7) is 10.5. The van der Waals surface area contributed by atoms with Gasteiger partial charge in [0.05, 0.1) is 0 Å². The van der Waals surface area contributed by atoms with Gasteiger partial charge in [0, 0.05) is 12.0 Å². The molecule has 1 aromatic carbocycles. The van der Waals surface area contributed by atoms with Crippen LogP contribution in [0.4, 0.5) is 0 Å². The van der Waals surface area contributed by atoms with Crippen molar-refractivity contribution in [3.8, 4) is 0 Å². The first-order valence-electron chi connectivity index (χ1n) is 8.55. The Labute approximate surface area is 143 Å². The minimum atomic E-state index is -0.210. The highest BCUT2D eigenvalue weighted by Gasteiger charge is 2.63. The van der Waals surface area contributed by atoms with E-state index in [1.54, 1.807) is 0 Å². The first kappa shape index (κ1) is 16.7. The molecule has 0 aromatic heterocycles. The minimum Gasteiger partial charge on any atom is -0.348 e. The lowest BCUT2D eigenvalue weighted by Gasteiger charge is -2.31. The maximum atomic E-state index is 12.9. The number of hydrogen-bond donors (Lipinski definition) is 1. The van der Waals surface area contributed by atoms with Gasteiger partial charge in [-0.05, 0) is 53.0 Å². The molecule has 2 bridgehead atoms. The molecular formula is C21H25NO2. The molecule has 0 aliphatic heterocycles. The van der Waals surface area contributed by atoms with Crippen LogP contribution >= 0.6 is 0 Å². The highest BCUT2D eigenvalue weighted by atomic mass is 16.1. The van der Waals surface area contributed by atoms with E-state index in [0.717, 1.165) is 29.5 Å². The summed E-state index contributed by atoms with van der Waals surface area (Å²) in [5, 5.41) is 2.76. The standard InChI is InChI=1S/C21H25NO2/c1-5-18(23)22-13-15-8-6-14(7-9-15)12-16-17-10-11-21(4,19(16)24)20(17,2)3/h5-9,12,17H,1,10-11,13H2,2-4H3,(H,22,23). The van der Waals surface area contributed by atoms with Gasteiger partial charge in [-0.15, -0.1) is 0 Å². The van der Waals surface area contributed by atoms with Crippen LogP contribution in [0.1, 0.15) is 44.7 Å². The van der Waals surface area contributed by atoms with Crippen LogP contribution in [0.5, 0.6) is 0 Å². The molecule has 1 N–H and O–H groups in total. The van der Waals surface area contributed by atoms with E-state index in [2.05, 4.69) is 38.7 Å². The predicted molar refractivity (Wildman–Crippen MR) is 96.1 cm³/mol. The van der Waals surface area contributed by atoms with E-state index >= 15 is 0 Å². The van der Waals surface area contributed by atoms with Crippen molar-refractivity contribution in [3.05, 3.63) is 53.6 Å². The maximum Gasteiger partial charge on any atom is 0.243 e. The molecule has 0 heterocycles. The number of fused-ring (bicyclic) bond motifs is 2. The number of hydrogen-bond acceptors (Lipinski definition) is 2. The van der Waals surface area contributed by atoms with Gasteiger partial charge in [0.1, 0.15) is 0 Å². The van der Waals surface area contributed by atoms with E-state index < -0.39 is 0 Å². The molecule has 2 unspecified atom stereocenters. The van der Waals surface area contributed by atoms with E-state index in [9.17, 15) is 9.59 Å². The maximum absolute atomic E-state index is 12.9. The molecule has 0 saturated heterocycles. The normalized spacial score (nSPS) is 29.0. The van der Waals surface area contributed by atoms with Gasteiger partial charge in [0.2, 0.25) is 5.91 Å². The third-order valence-corrected chi connectivity index (χ3v) is 6.32. The number of Topliss-reactive ketones (excluding diaryl/α,β-unsaturated/α-hetero) is 1. The lowest BCUT2D eigenvalue weighted by molar-refractivity contribution is -0.125. The molecule has 3 nitrogen and oxygen atoms in total. The zero-order valence-corrected chi connectivity index (χ0v) is 14.7. The molecule has 2 saturated carbocycles. The van der Waals surface area contributed by atoms with Crippen LogP contribution in [0.15, 0.2) is 42.5 Å². The Morgan fingerprint density at radius 2 is 1.96 bits per heavy atom. The zero-order chi connectivity index (χ0) is 17.5. The van der Waals surface area contributed by atoms with Gasteiger partial charge in [-0.25, -0.2) is 0 Å². The number of allylic oxidation sites excluding steroid dienone is 1. The molecule has 126 valence electrons. The van der Waals surface area contributed by atoms with Crippen molar-refractivity contribution in [1.82, 2.24) is 5.32 Å². The fourth-order valence-corrected chi connectivity index (χ4v) is 4.27. The topological polar surface area (TPSA) is 46.2 Å². The molecule has 24 heavy (non-hydrogen) atoms. The first-order valence-corrected chi connectivity index (χ1v) is 8.55. The summed E-state index contributed by atoms with van der Waals surface area (Å²) >= 11 is 0. The number of rotatable bonds is 4. The smallest absolute Gasteiger partial charge is 0.243 e. The lowest BCUT2D eigenvalue weighted by atomic mass is 9.70. The number of carbonyl (C=O) groups excluding carboxylic acids is 2. The number of amides is 1. The molecule has 1 amide bonds. The van der Waals surface area contributed by atoms with Crippen molar-refractivity contribution in [3.63, 3.8) is 0 Å². The van der Waals surface area contributed by atoms with Crippen LogP contribution in [0.3, 0.4) is 0 Å². The Bertz CT molecular complexity index is 727. The molecule has 3 rings (SSSR count). The monoisotopic (exact) mass is 323 g/mol. The van der Waals surface area contributed by atoms with E-state index in [1.807, 2.05) is 24.3 Å². The van der Waals surface area contributed by atoms with Crippen molar-refractivity contribution in [2.24, 2.45) is 16.7 Å². The summed E-state index contributed by atoms with van der Waals surface area (Å²) in [5.74, 6) is 0.511. The molecule has 3 heteroatoms. The Morgan fingerprint density at radius 3 is 2.50 bits per heavy atom. The van der Waals surface area contributed by atoms with Gasteiger partial charge in [0.15, 0.2) is 5.78 Å². The van der Waals surface area contributed by atoms with Gasteiger partial charge < -0.3 is 5.32 Å². The minimum absolute atomic E-state index is 0.0465. The van der Waals surface area contributed by atoms with Crippen LogP contribution in [-0.2, 0) is 16.1 Å². The first-order chi connectivity index (χ1) is 11.3. The number of ketones is 1. The Kier molecular flexibility index (Phi) is 3.98. The molecule has 2 aliphatic rings. The van der Waals surface area contributed by atoms with Crippen molar-refractivity contribution in [2.45, 2.75) is 40.2 Å². The molecular weight excluding hydrogens is 298 g/mol. The Balaban J connectivity index is 1.79. The third kappa shape index (κ3) is 2.43. The van der Waals surface area contributed by atoms with Gasteiger partial charge in [0.25, 0.3) is 0 Å². The third-order valence-electron chi connectivity index (χ3n) is 6.32. The SMILES string of the molecule is C=CC(=O)NCc1ccc(C=C2C(=O)C3(C)CCC2C3(C)C)cc1. The van der Waals surface area contributed by atoms with E-state index in [0.29, 0.717) is 18.2 Å². The molecule has 0 spiro atoms. The van der Waals surface area contributed by atoms with Gasteiger partial charge >= 0.3 is 0 Å². The summed E-state index contributed by atoms with van der Waals surface area (Å²) in [7, 11) is 0. The average Bonchev–Trinajstić information content (AvgIpc) is 2.88. The molecule has 2 fully saturated rings. The molecule has 2 aliphatic carbocycles. The average molecular weight is 323 g/mol. The highest BCUT2D eigenvalue weighted by molar-refractivity contribution is 6.07. The van der Waals surface area contributed by atoms with E-state index in [4.69, 9.17) is 0 Å². The number of nitrogens with one attached hydrogen (secondary N) is 1. The van der Waals surface area contributed by atoms with Gasteiger partial charge in [-0.1, -0.05) is 51.6 Å². The van der Waals surface area contributed by atoms with Crippen LogP contribution in [0.25, 0.3) is 6.08 Å². The second kappa shape index (κ2) is 5.73. The number of benzene rings is 1.